The van der Waals surface area contributed by atoms with Gasteiger partial charge >= 0.3 is 5.97 Å². The molecule has 0 aliphatic carbocycles. The third-order valence-corrected chi connectivity index (χ3v) is 5.38. The van der Waals surface area contributed by atoms with Gasteiger partial charge in [0.1, 0.15) is 19.0 Å². The maximum absolute atomic E-state index is 12.2. The van der Waals surface area contributed by atoms with Crippen molar-refractivity contribution in [3.05, 3.63) is 120 Å². The van der Waals surface area contributed by atoms with Crippen LogP contribution in [0.15, 0.2) is 103 Å². The highest BCUT2D eigenvalue weighted by atomic mass is 16.6. The fourth-order valence-corrected chi connectivity index (χ4v) is 3.57. The first kappa shape index (κ1) is 24.3. The molecule has 180 valence electrons. The van der Waals surface area contributed by atoms with E-state index < -0.39 is 5.97 Å². The first-order valence-corrected chi connectivity index (χ1v) is 11.4. The molecule has 0 saturated heterocycles. The molecule has 36 heavy (non-hydrogen) atoms. The fraction of sp³-hybridized carbons (Fsp3) is 0.0667. The minimum Gasteiger partial charge on any atom is -0.490 e. The molecule has 0 aliphatic heterocycles. The lowest BCUT2D eigenvalue weighted by atomic mass is 10.0. The van der Waals surface area contributed by atoms with Crippen LogP contribution in [0, 0.1) is 0 Å². The first-order valence-electron chi connectivity index (χ1n) is 11.4. The van der Waals surface area contributed by atoms with Gasteiger partial charge < -0.3 is 20.9 Å². The van der Waals surface area contributed by atoms with Crippen molar-refractivity contribution in [3.63, 3.8) is 0 Å². The van der Waals surface area contributed by atoms with Gasteiger partial charge in [0.2, 0.25) is 0 Å². The molecular weight excluding hydrogens is 452 g/mol. The van der Waals surface area contributed by atoms with Crippen LogP contribution in [0.25, 0.3) is 17.2 Å². The molecule has 0 aliphatic rings. The summed E-state index contributed by atoms with van der Waals surface area (Å²) in [5.74, 6) is 0.136. The second-order valence-electron chi connectivity index (χ2n) is 8.08. The fourth-order valence-electron chi connectivity index (χ4n) is 3.57. The summed E-state index contributed by atoms with van der Waals surface area (Å²) >= 11 is 0. The van der Waals surface area contributed by atoms with Gasteiger partial charge in [-0.2, -0.15) is 0 Å². The maximum atomic E-state index is 12.2. The van der Waals surface area contributed by atoms with Gasteiger partial charge in [-0.3, -0.25) is 4.79 Å². The molecule has 4 aromatic rings. The third-order valence-electron chi connectivity index (χ3n) is 5.38. The van der Waals surface area contributed by atoms with E-state index in [1.807, 2.05) is 72.8 Å². The van der Waals surface area contributed by atoms with E-state index >= 15 is 0 Å². The van der Waals surface area contributed by atoms with Crippen molar-refractivity contribution < 1.29 is 19.1 Å². The van der Waals surface area contributed by atoms with Gasteiger partial charge in [0.25, 0.3) is 0 Å². The number of hydrogen-bond donors (Lipinski definition) is 2. The highest BCUT2D eigenvalue weighted by Crippen LogP contribution is 2.23. The Bertz CT molecular complexity index is 1340. The van der Waals surface area contributed by atoms with Crippen LogP contribution in [0.5, 0.6) is 5.75 Å². The average molecular weight is 479 g/mol. The van der Waals surface area contributed by atoms with E-state index in [1.165, 1.54) is 12.1 Å². The van der Waals surface area contributed by atoms with Crippen molar-refractivity contribution in [3.8, 4) is 16.9 Å². The summed E-state index contributed by atoms with van der Waals surface area (Å²) in [4.78, 5) is 24.3. The zero-order valence-corrected chi connectivity index (χ0v) is 19.6. The van der Waals surface area contributed by atoms with Crippen molar-refractivity contribution in [2.24, 2.45) is 0 Å². The molecule has 0 unspecified atom stereocenters. The van der Waals surface area contributed by atoms with Crippen LogP contribution in [0.3, 0.4) is 0 Å². The minimum atomic E-state index is -0.504. The molecule has 6 nitrogen and oxygen atoms in total. The number of rotatable bonds is 9. The van der Waals surface area contributed by atoms with E-state index in [9.17, 15) is 9.59 Å². The SMILES string of the molecule is Nc1cc(N)cc(C(=O)OCCOc2ccc(-c3ccc(/C=C/C(=O)c4ccccc4)cc3)cc2)c1. The Morgan fingerprint density at radius 1 is 0.694 bits per heavy atom. The number of benzene rings is 4. The zero-order valence-electron chi connectivity index (χ0n) is 19.6. The summed E-state index contributed by atoms with van der Waals surface area (Å²) < 4.78 is 10.9. The number of nitrogens with two attached hydrogens (primary N) is 2. The van der Waals surface area contributed by atoms with Crippen molar-refractivity contribution in [2.75, 3.05) is 24.7 Å². The Balaban J connectivity index is 1.26. The smallest absolute Gasteiger partial charge is 0.338 e. The number of ketones is 1. The molecular formula is C30H26N2O4. The Morgan fingerprint density at radius 3 is 1.94 bits per heavy atom. The van der Waals surface area contributed by atoms with Crippen molar-refractivity contribution in [1.29, 1.82) is 0 Å². The normalized spacial score (nSPS) is 10.8. The summed E-state index contributed by atoms with van der Waals surface area (Å²) in [5, 5.41) is 0. The largest absolute Gasteiger partial charge is 0.490 e. The number of anilines is 2. The van der Waals surface area contributed by atoms with E-state index in [0.717, 1.165) is 16.7 Å². The molecule has 0 bridgehead atoms. The Kier molecular flexibility index (Phi) is 7.78. The molecule has 0 atom stereocenters. The van der Waals surface area contributed by atoms with E-state index in [-0.39, 0.29) is 19.0 Å². The zero-order chi connectivity index (χ0) is 25.3. The maximum Gasteiger partial charge on any atom is 0.338 e. The quantitative estimate of drug-likeness (QED) is 0.106. The number of ether oxygens (including phenoxy) is 2. The Labute approximate surface area is 209 Å². The summed E-state index contributed by atoms with van der Waals surface area (Å²) in [5.41, 5.74) is 16.2. The second-order valence-corrected chi connectivity index (χ2v) is 8.08. The summed E-state index contributed by atoms with van der Waals surface area (Å²) in [6, 6.07) is 29.4. The topological polar surface area (TPSA) is 105 Å². The number of carbonyl (C=O) groups excluding carboxylic acids is 2. The highest BCUT2D eigenvalue weighted by molar-refractivity contribution is 6.06. The van der Waals surface area contributed by atoms with Crippen LogP contribution in [-0.4, -0.2) is 25.0 Å². The van der Waals surface area contributed by atoms with Crippen LogP contribution in [0.1, 0.15) is 26.3 Å². The summed E-state index contributed by atoms with van der Waals surface area (Å²) in [6.07, 6.45) is 3.39. The molecule has 0 fully saturated rings. The van der Waals surface area contributed by atoms with Crippen molar-refractivity contribution in [2.45, 2.75) is 0 Å². The summed E-state index contributed by atoms with van der Waals surface area (Å²) in [7, 11) is 0. The third kappa shape index (κ3) is 6.61. The minimum absolute atomic E-state index is 0.0282. The van der Waals surface area contributed by atoms with Crippen molar-refractivity contribution in [1.82, 2.24) is 0 Å². The van der Waals surface area contributed by atoms with Crippen LogP contribution < -0.4 is 16.2 Å². The molecule has 4 N–H and O–H groups in total. The first-order chi connectivity index (χ1) is 17.5. The van der Waals surface area contributed by atoms with Gasteiger partial charge in [-0.15, -0.1) is 0 Å². The van der Waals surface area contributed by atoms with E-state index in [1.54, 1.807) is 24.3 Å². The summed E-state index contributed by atoms with van der Waals surface area (Å²) in [6.45, 7) is 0.308. The van der Waals surface area contributed by atoms with Gasteiger partial charge in [0.05, 0.1) is 5.56 Å². The van der Waals surface area contributed by atoms with Crippen LogP contribution >= 0.6 is 0 Å². The Hall–Kier alpha value is -4.84. The molecule has 0 amide bonds. The van der Waals surface area contributed by atoms with Crippen LogP contribution in [0.2, 0.25) is 0 Å². The number of hydrogen-bond acceptors (Lipinski definition) is 6. The van der Waals surface area contributed by atoms with Gasteiger partial charge in [-0.05, 0) is 53.1 Å². The molecule has 0 heterocycles. The van der Waals surface area contributed by atoms with Crippen LogP contribution in [0.4, 0.5) is 11.4 Å². The predicted molar refractivity (Wildman–Crippen MR) is 143 cm³/mol. The second kappa shape index (κ2) is 11.5. The lowest BCUT2D eigenvalue weighted by Gasteiger charge is -2.09. The molecule has 6 heteroatoms. The predicted octanol–water partition coefficient (Wildman–Crippen LogP) is 5.65. The van der Waals surface area contributed by atoms with E-state index in [2.05, 4.69) is 0 Å². The number of allylic oxidation sites excluding steroid dienone is 1. The van der Waals surface area contributed by atoms with Crippen LogP contribution in [-0.2, 0) is 4.74 Å². The lowest BCUT2D eigenvalue weighted by molar-refractivity contribution is 0.0450. The number of esters is 1. The molecule has 0 aromatic heterocycles. The number of nitrogen functional groups attached to an aromatic ring is 2. The Morgan fingerprint density at radius 2 is 1.31 bits per heavy atom. The van der Waals surface area contributed by atoms with Crippen molar-refractivity contribution >= 4 is 29.2 Å². The molecule has 4 aromatic carbocycles. The molecule has 0 spiro atoms. The monoisotopic (exact) mass is 478 g/mol. The lowest BCUT2D eigenvalue weighted by Crippen LogP contribution is -2.13. The van der Waals surface area contributed by atoms with Gasteiger partial charge in [-0.25, -0.2) is 4.79 Å². The molecule has 0 radical (unpaired) electrons. The standard InChI is InChI=1S/C30H26N2O4/c31-26-18-25(19-27(32)20-26)30(34)36-17-16-35-28-13-11-23(12-14-28)22-9-6-21(7-10-22)8-15-29(33)24-4-2-1-3-5-24/h1-15,18-20H,16-17,31-32H2/b15-8+. The average Bonchev–Trinajstić information content (AvgIpc) is 2.90. The van der Waals surface area contributed by atoms with E-state index in [4.69, 9.17) is 20.9 Å². The molecule has 4 rings (SSSR count). The van der Waals surface area contributed by atoms with E-state index in [0.29, 0.717) is 28.3 Å². The van der Waals surface area contributed by atoms with Gasteiger partial charge in [0, 0.05) is 16.9 Å². The number of carbonyl (C=O) groups is 2. The van der Waals surface area contributed by atoms with Gasteiger partial charge in [0.15, 0.2) is 5.78 Å². The highest BCUT2D eigenvalue weighted by Gasteiger charge is 2.09. The molecule has 0 saturated carbocycles. The van der Waals surface area contributed by atoms with Gasteiger partial charge in [-0.1, -0.05) is 72.8 Å².